The molecule has 0 unspecified atom stereocenters. The average Bonchev–Trinajstić information content (AvgIpc) is 2.99. The van der Waals surface area contributed by atoms with Gasteiger partial charge in [0, 0.05) is 17.7 Å². The largest absolute Gasteiger partial charge is 0.383 e. The van der Waals surface area contributed by atoms with Gasteiger partial charge >= 0.3 is 0 Å². The van der Waals surface area contributed by atoms with Gasteiger partial charge in [0.2, 0.25) is 0 Å². The van der Waals surface area contributed by atoms with E-state index >= 15 is 0 Å². The van der Waals surface area contributed by atoms with Gasteiger partial charge in [-0.3, -0.25) is 9.67 Å². The monoisotopic (exact) mass is 334 g/mol. The molecule has 4 nitrogen and oxygen atoms in total. The van der Waals surface area contributed by atoms with E-state index in [9.17, 15) is 0 Å². The molecule has 0 aliphatic carbocycles. The van der Waals surface area contributed by atoms with Gasteiger partial charge in [-0.05, 0) is 17.7 Å². The zero-order chi connectivity index (χ0) is 13.4. The summed E-state index contributed by atoms with van der Waals surface area (Å²) in [5, 5.41) is 4.51. The van der Waals surface area contributed by atoms with Crippen molar-refractivity contribution in [1.82, 2.24) is 14.8 Å². The minimum Gasteiger partial charge on any atom is -0.383 e. The molecule has 0 spiro atoms. The number of aromatic nitrogens is 3. The molecule has 3 aromatic rings. The summed E-state index contributed by atoms with van der Waals surface area (Å²) >= 11 is 5.04. The Bertz CT molecular complexity index is 718. The van der Waals surface area contributed by atoms with Crippen LogP contribution in [0, 0.1) is 0 Å². The molecule has 0 saturated heterocycles. The lowest BCUT2D eigenvalue weighted by molar-refractivity contribution is 0.783. The highest BCUT2D eigenvalue weighted by atomic mass is 79.9. The zero-order valence-electron chi connectivity index (χ0n) is 10.2. The summed E-state index contributed by atoms with van der Waals surface area (Å²) in [4.78, 5) is 5.12. The number of hydrogen-bond acceptors (Lipinski definition) is 4. The number of anilines is 1. The molecule has 0 fully saturated rings. The minimum absolute atomic E-state index is 0.654. The molecule has 0 aliphatic rings. The third-order valence-electron chi connectivity index (χ3n) is 2.87. The van der Waals surface area contributed by atoms with Crippen molar-refractivity contribution >= 4 is 33.1 Å². The molecule has 0 atom stereocenters. The number of rotatable bonds is 2. The Hall–Kier alpha value is -1.66. The lowest BCUT2D eigenvalue weighted by Gasteiger charge is -2.03. The Morgan fingerprint density at radius 3 is 2.89 bits per heavy atom. The fourth-order valence-corrected chi connectivity index (χ4v) is 2.98. The second-order valence-electron chi connectivity index (χ2n) is 4.11. The number of hydrogen-bond donors (Lipinski definition) is 1. The van der Waals surface area contributed by atoms with Gasteiger partial charge in [-0.15, -0.1) is 11.3 Å². The van der Waals surface area contributed by atoms with Crippen LogP contribution in [0.4, 0.5) is 5.82 Å². The molecule has 1 aromatic carbocycles. The number of thiazole rings is 1. The van der Waals surface area contributed by atoms with Crippen LogP contribution in [0.15, 0.2) is 40.4 Å². The number of nitrogen functional groups attached to an aromatic ring is 1. The highest BCUT2D eigenvalue weighted by Crippen LogP contribution is 2.37. The Labute approximate surface area is 123 Å². The summed E-state index contributed by atoms with van der Waals surface area (Å²) < 4.78 is 2.72. The lowest BCUT2D eigenvalue weighted by Crippen LogP contribution is -1.97. The Morgan fingerprint density at radius 2 is 2.21 bits per heavy atom. The smallest absolute Gasteiger partial charge is 0.129 e. The van der Waals surface area contributed by atoms with Crippen molar-refractivity contribution in [3.8, 4) is 21.7 Å². The van der Waals surface area contributed by atoms with E-state index in [-0.39, 0.29) is 0 Å². The molecular weight excluding hydrogens is 324 g/mol. The van der Waals surface area contributed by atoms with E-state index in [0.717, 1.165) is 26.2 Å². The van der Waals surface area contributed by atoms with Gasteiger partial charge in [0.05, 0.1) is 16.0 Å². The average molecular weight is 335 g/mol. The van der Waals surface area contributed by atoms with E-state index in [2.05, 4.69) is 26.0 Å². The molecule has 0 radical (unpaired) electrons. The van der Waals surface area contributed by atoms with Crippen molar-refractivity contribution in [1.29, 1.82) is 0 Å². The third kappa shape index (κ3) is 2.17. The maximum absolute atomic E-state index is 6.16. The van der Waals surface area contributed by atoms with E-state index < -0.39 is 0 Å². The Morgan fingerprint density at radius 1 is 1.37 bits per heavy atom. The van der Waals surface area contributed by atoms with Crippen LogP contribution >= 0.6 is 27.3 Å². The van der Waals surface area contributed by atoms with Crippen LogP contribution in [-0.4, -0.2) is 14.8 Å². The topological polar surface area (TPSA) is 56.7 Å². The van der Waals surface area contributed by atoms with E-state index in [0.29, 0.717) is 5.82 Å². The molecule has 0 saturated carbocycles. The standard InChI is InChI=1S/C13H11BrN4S/c1-18-13(15)11(8-3-2-4-9(14)5-8)12(17-18)10-6-16-7-19-10/h2-7H,15H2,1H3. The van der Waals surface area contributed by atoms with Gasteiger partial charge in [-0.25, -0.2) is 0 Å². The van der Waals surface area contributed by atoms with Crippen LogP contribution in [0.2, 0.25) is 0 Å². The summed E-state index contributed by atoms with van der Waals surface area (Å²) in [6.07, 6.45) is 1.81. The highest BCUT2D eigenvalue weighted by molar-refractivity contribution is 9.10. The van der Waals surface area contributed by atoms with Crippen molar-refractivity contribution in [2.45, 2.75) is 0 Å². The normalized spacial score (nSPS) is 10.8. The van der Waals surface area contributed by atoms with Crippen molar-refractivity contribution in [3.63, 3.8) is 0 Å². The predicted molar refractivity (Wildman–Crippen MR) is 81.9 cm³/mol. The Kier molecular flexibility index (Phi) is 3.12. The first-order chi connectivity index (χ1) is 9.16. The minimum atomic E-state index is 0.654. The van der Waals surface area contributed by atoms with E-state index in [1.165, 1.54) is 0 Å². The number of nitrogens with two attached hydrogens (primary N) is 1. The fourth-order valence-electron chi connectivity index (χ4n) is 1.97. The molecule has 19 heavy (non-hydrogen) atoms. The summed E-state index contributed by atoms with van der Waals surface area (Å²) in [6, 6.07) is 8.05. The fraction of sp³-hybridized carbons (Fsp3) is 0.0769. The van der Waals surface area contributed by atoms with E-state index in [4.69, 9.17) is 5.73 Å². The number of halogens is 1. The lowest BCUT2D eigenvalue weighted by atomic mass is 10.1. The van der Waals surface area contributed by atoms with Crippen molar-refractivity contribution in [2.24, 2.45) is 7.05 Å². The molecule has 2 aromatic heterocycles. The van der Waals surface area contributed by atoms with Gasteiger partial charge in [0.15, 0.2) is 0 Å². The first-order valence-electron chi connectivity index (χ1n) is 5.64. The highest BCUT2D eigenvalue weighted by Gasteiger charge is 2.18. The van der Waals surface area contributed by atoms with Crippen molar-refractivity contribution < 1.29 is 0 Å². The molecule has 3 rings (SSSR count). The predicted octanol–water partition coefficient (Wildman–Crippen LogP) is 3.56. The van der Waals surface area contributed by atoms with Crippen LogP contribution in [0.3, 0.4) is 0 Å². The van der Waals surface area contributed by atoms with Gasteiger partial charge in [0.25, 0.3) is 0 Å². The van der Waals surface area contributed by atoms with Crippen LogP contribution < -0.4 is 5.73 Å². The first-order valence-corrected chi connectivity index (χ1v) is 7.31. The van der Waals surface area contributed by atoms with E-state index in [1.807, 2.05) is 37.5 Å². The molecule has 0 amide bonds. The Balaban J connectivity index is 2.26. The second-order valence-corrected chi connectivity index (χ2v) is 5.91. The molecular formula is C13H11BrN4S. The molecule has 6 heteroatoms. The van der Waals surface area contributed by atoms with Crippen molar-refractivity contribution in [2.75, 3.05) is 5.73 Å². The second kappa shape index (κ2) is 4.79. The van der Waals surface area contributed by atoms with E-state index in [1.54, 1.807) is 21.5 Å². The molecule has 96 valence electrons. The summed E-state index contributed by atoms with van der Waals surface area (Å²) in [7, 11) is 1.85. The van der Waals surface area contributed by atoms with Crippen LogP contribution in [0.25, 0.3) is 21.7 Å². The number of aryl methyl sites for hydroxylation is 1. The van der Waals surface area contributed by atoms with Crippen LogP contribution in [0.5, 0.6) is 0 Å². The summed E-state index contributed by atoms with van der Waals surface area (Å²) in [5.41, 5.74) is 10.8. The number of benzene rings is 1. The quantitative estimate of drug-likeness (QED) is 0.779. The maximum Gasteiger partial charge on any atom is 0.129 e. The van der Waals surface area contributed by atoms with Gasteiger partial charge in [-0.1, -0.05) is 28.1 Å². The molecule has 2 heterocycles. The third-order valence-corrected chi connectivity index (χ3v) is 4.14. The SMILES string of the molecule is Cn1nc(-c2cncs2)c(-c2cccc(Br)c2)c1N. The summed E-state index contributed by atoms with van der Waals surface area (Å²) in [6.45, 7) is 0. The first kappa shape index (κ1) is 12.4. The number of nitrogens with zero attached hydrogens (tertiary/aromatic N) is 3. The van der Waals surface area contributed by atoms with Crippen LogP contribution in [0.1, 0.15) is 0 Å². The van der Waals surface area contributed by atoms with Crippen LogP contribution in [-0.2, 0) is 7.05 Å². The van der Waals surface area contributed by atoms with Gasteiger partial charge < -0.3 is 5.73 Å². The van der Waals surface area contributed by atoms with Gasteiger partial charge in [-0.2, -0.15) is 5.10 Å². The van der Waals surface area contributed by atoms with Gasteiger partial charge in [0.1, 0.15) is 11.5 Å². The molecule has 2 N–H and O–H groups in total. The molecule has 0 aliphatic heterocycles. The van der Waals surface area contributed by atoms with Crippen molar-refractivity contribution in [3.05, 3.63) is 40.4 Å². The summed E-state index contributed by atoms with van der Waals surface area (Å²) in [5.74, 6) is 0.654. The molecule has 0 bridgehead atoms. The maximum atomic E-state index is 6.16. The zero-order valence-corrected chi connectivity index (χ0v) is 12.6.